The van der Waals surface area contributed by atoms with Crippen molar-refractivity contribution in [3.8, 4) is 5.75 Å². The molecule has 0 aromatic carbocycles. The maximum absolute atomic E-state index is 13.8. The molecule has 0 bridgehead atoms. The summed E-state index contributed by atoms with van der Waals surface area (Å²) in [5.41, 5.74) is 4.88. The highest BCUT2D eigenvalue weighted by atomic mass is 16.5. The fourth-order valence-electron chi connectivity index (χ4n) is 7.51. The van der Waals surface area contributed by atoms with E-state index in [2.05, 4.69) is 41.3 Å². The van der Waals surface area contributed by atoms with Crippen LogP contribution >= 0.6 is 0 Å². The highest BCUT2D eigenvalue weighted by molar-refractivity contribution is 6.02. The first-order chi connectivity index (χ1) is 28.7. The van der Waals surface area contributed by atoms with E-state index in [1.54, 1.807) is 48.1 Å². The van der Waals surface area contributed by atoms with Gasteiger partial charge in [-0.1, -0.05) is 0 Å². The zero-order chi connectivity index (χ0) is 40.9. The second kappa shape index (κ2) is 17.7. The van der Waals surface area contributed by atoms with Crippen LogP contribution in [0, 0.1) is 11.8 Å². The van der Waals surface area contributed by atoms with Crippen molar-refractivity contribution in [2.24, 2.45) is 11.8 Å². The molecular formula is C40H49N13O6. The van der Waals surface area contributed by atoms with Crippen molar-refractivity contribution in [3.63, 3.8) is 0 Å². The van der Waals surface area contributed by atoms with E-state index in [9.17, 15) is 9.59 Å². The Hall–Kier alpha value is -6.34. The van der Waals surface area contributed by atoms with Crippen LogP contribution in [0.25, 0.3) is 5.52 Å². The summed E-state index contributed by atoms with van der Waals surface area (Å²) in [7, 11) is 3.20. The lowest BCUT2D eigenvalue weighted by Crippen LogP contribution is -2.34. The van der Waals surface area contributed by atoms with Crippen LogP contribution in [0.4, 0.5) is 22.2 Å². The van der Waals surface area contributed by atoms with Crippen molar-refractivity contribution in [1.29, 1.82) is 0 Å². The molecular weight excluding hydrogens is 759 g/mol. The highest BCUT2D eigenvalue weighted by Gasteiger charge is 2.34. The van der Waals surface area contributed by atoms with Gasteiger partial charge in [0.05, 0.1) is 62.4 Å². The molecule has 0 atom stereocenters. The Morgan fingerprint density at radius 3 is 2.27 bits per heavy atom. The predicted molar refractivity (Wildman–Crippen MR) is 214 cm³/mol. The standard InChI is InChI=1S/C40H49N13O6/c1-23(2)42-40(55)59-20-25-10-27(11-25)32-14-36(48-46-32)44-38-34-12-28(21-56-3)50-52(34)17-30(43-38)18-53-35(13-29(51-53)22-57-4)39(54)45-37-15-33(47-49-37)26-8-24(9-26)19-58-31-6-5-7-41-16-31/h5-7,12-17,23-27H,8-11,18-22H2,1-4H3,(H,42,55)(H2,43,44,46,48)(H2,45,47,49,54). The number of anilines is 3. The van der Waals surface area contributed by atoms with Crippen LogP contribution in [0.3, 0.4) is 0 Å². The van der Waals surface area contributed by atoms with Gasteiger partial charge >= 0.3 is 6.09 Å². The Bertz CT molecular complexity index is 2360. The van der Waals surface area contributed by atoms with Gasteiger partial charge in [-0.3, -0.25) is 24.7 Å². The zero-order valence-corrected chi connectivity index (χ0v) is 33.5. The first-order valence-electron chi connectivity index (χ1n) is 19.8. The Kier molecular flexibility index (Phi) is 11.8. The predicted octanol–water partition coefficient (Wildman–Crippen LogP) is 5.30. The smallest absolute Gasteiger partial charge is 0.407 e. The zero-order valence-electron chi connectivity index (χ0n) is 33.5. The number of nitrogens with one attached hydrogen (secondary N) is 5. The summed E-state index contributed by atoms with van der Waals surface area (Å²) in [5.74, 6) is 3.23. The van der Waals surface area contributed by atoms with Crippen molar-refractivity contribution in [2.75, 3.05) is 38.1 Å². The molecule has 59 heavy (non-hydrogen) atoms. The number of amides is 2. The average molecular weight is 808 g/mol. The van der Waals surface area contributed by atoms with E-state index in [0.717, 1.165) is 54.0 Å². The number of methoxy groups -OCH3 is 2. The maximum atomic E-state index is 13.8. The molecule has 0 aliphatic heterocycles. The summed E-state index contributed by atoms with van der Waals surface area (Å²) in [6.07, 6.45) is 8.54. The molecule has 2 aliphatic rings. The number of alkyl carbamates (subject to hydrolysis) is 1. The molecule has 19 nitrogen and oxygen atoms in total. The van der Waals surface area contributed by atoms with Gasteiger partial charge in [0.25, 0.3) is 5.91 Å². The van der Waals surface area contributed by atoms with E-state index < -0.39 is 0 Å². The number of pyridine rings is 1. The minimum absolute atomic E-state index is 0.0285. The average Bonchev–Trinajstić information content (AvgIpc) is 3.99. The molecule has 19 heteroatoms. The summed E-state index contributed by atoms with van der Waals surface area (Å²) < 4.78 is 25.3. The topological polar surface area (TPSA) is 225 Å². The molecule has 6 aromatic rings. The fraction of sp³-hybridized carbons (Fsp3) is 0.450. The monoisotopic (exact) mass is 807 g/mol. The fourth-order valence-corrected chi connectivity index (χ4v) is 7.51. The third kappa shape index (κ3) is 9.52. The van der Waals surface area contributed by atoms with Gasteiger partial charge in [-0.2, -0.15) is 20.4 Å². The SMILES string of the molecule is COCc1cc(C(=O)Nc2cc(C3CC(COc4cccnc4)C3)[nH]n2)n(Cc2cn3nc(COC)cc3c(Nc3cc(C4CC(COC(=O)NC(C)C)C4)[nH]n3)n2)n1. The molecule has 6 aromatic heterocycles. The van der Waals surface area contributed by atoms with Crippen LogP contribution in [-0.2, 0) is 34.0 Å². The lowest BCUT2D eigenvalue weighted by Gasteiger charge is -2.34. The minimum atomic E-state index is -0.390. The minimum Gasteiger partial charge on any atom is -0.492 e. The number of fused-ring (bicyclic) bond motifs is 1. The summed E-state index contributed by atoms with van der Waals surface area (Å²) in [5, 5.41) is 33.7. The number of hydrogen-bond acceptors (Lipinski definition) is 13. The van der Waals surface area contributed by atoms with Gasteiger partial charge in [-0.25, -0.2) is 14.3 Å². The number of aromatic nitrogens is 10. The third-order valence-electron chi connectivity index (χ3n) is 10.5. The molecule has 0 unspecified atom stereocenters. The molecule has 2 aliphatic carbocycles. The molecule has 310 valence electrons. The first-order valence-corrected chi connectivity index (χ1v) is 19.8. The van der Waals surface area contributed by atoms with Crippen molar-refractivity contribution in [2.45, 2.75) is 77.2 Å². The number of carbonyl (C=O) groups is 2. The Balaban J connectivity index is 0.934. The molecule has 6 heterocycles. The van der Waals surface area contributed by atoms with Crippen molar-refractivity contribution in [3.05, 3.63) is 89.2 Å². The van der Waals surface area contributed by atoms with Crippen LogP contribution in [-0.4, -0.2) is 95.2 Å². The second-order valence-corrected chi connectivity index (χ2v) is 15.6. The first kappa shape index (κ1) is 39.5. The van der Waals surface area contributed by atoms with Gasteiger partial charge in [-0.05, 0) is 75.6 Å². The summed E-state index contributed by atoms with van der Waals surface area (Å²) in [6.45, 7) is 5.50. The maximum Gasteiger partial charge on any atom is 0.407 e. The van der Waals surface area contributed by atoms with E-state index in [-0.39, 0.29) is 37.1 Å². The molecule has 8 rings (SSSR count). The Labute approximate surface area is 340 Å². The Morgan fingerprint density at radius 2 is 1.58 bits per heavy atom. The van der Waals surface area contributed by atoms with Gasteiger partial charge in [0.2, 0.25) is 0 Å². The normalized spacial score (nSPS) is 18.7. The van der Waals surface area contributed by atoms with Crippen molar-refractivity contribution < 1.29 is 28.5 Å². The van der Waals surface area contributed by atoms with Gasteiger partial charge in [0.15, 0.2) is 17.5 Å². The van der Waals surface area contributed by atoms with Crippen molar-refractivity contribution in [1.82, 2.24) is 55.1 Å². The molecule has 0 saturated heterocycles. The number of rotatable bonds is 18. The summed E-state index contributed by atoms with van der Waals surface area (Å²) in [6, 6.07) is 11.3. The molecule has 0 radical (unpaired) electrons. The molecule has 2 amide bonds. The van der Waals surface area contributed by atoms with Crippen LogP contribution in [0.2, 0.25) is 0 Å². The quantitative estimate of drug-likeness (QED) is 0.0744. The van der Waals surface area contributed by atoms with Crippen LogP contribution in [0.15, 0.2) is 55.0 Å². The van der Waals surface area contributed by atoms with Gasteiger partial charge in [0, 0.05) is 61.8 Å². The summed E-state index contributed by atoms with van der Waals surface area (Å²) in [4.78, 5) is 34.8. The molecule has 5 N–H and O–H groups in total. The van der Waals surface area contributed by atoms with Crippen LogP contribution < -0.4 is 20.7 Å². The van der Waals surface area contributed by atoms with E-state index in [1.165, 1.54) is 0 Å². The Morgan fingerprint density at radius 1 is 0.881 bits per heavy atom. The number of carbonyl (C=O) groups excluding carboxylic acids is 2. The highest BCUT2D eigenvalue weighted by Crippen LogP contribution is 2.42. The van der Waals surface area contributed by atoms with Crippen LogP contribution in [0.1, 0.15) is 90.3 Å². The lowest BCUT2D eigenvalue weighted by atomic mass is 9.74. The van der Waals surface area contributed by atoms with E-state index in [4.69, 9.17) is 34.1 Å². The summed E-state index contributed by atoms with van der Waals surface area (Å²) >= 11 is 0. The van der Waals surface area contributed by atoms with Crippen molar-refractivity contribution >= 4 is 35.0 Å². The number of hydrogen-bond donors (Lipinski definition) is 5. The van der Waals surface area contributed by atoms with E-state index in [1.807, 2.05) is 44.2 Å². The van der Waals surface area contributed by atoms with E-state index >= 15 is 0 Å². The number of H-pyrrole nitrogens is 2. The van der Waals surface area contributed by atoms with Gasteiger partial charge in [0.1, 0.15) is 17.0 Å². The number of aromatic amines is 2. The molecule has 2 fully saturated rings. The van der Waals surface area contributed by atoms with Gasteiger partial charge in [-0.15, -0.1) is 0 Å². The largest absolute Gasteiger partial charge is 0.492 e. The second-order valence-electron chi connectivity index (χ2n) is 15.6. The van der Waals surface area contributed by atoms with E-state index in [0.29, 0.717) is 72.1 Å². The van der Waals surface area contributed by atoms with Crippen LogP contribution in [0.5, 0.6) is 5.75 Å². The number of nitrogens with zero attached hydrogens (tertiary/aromatic N) is 8. The molecule has 2 saturated carbocycles. The molecule has 0 spiro atoms. The number of ether oxygens (including phenoxy) is 4. The van der Waals surface area contributed by atoms with Gasteiger partial charge < -0.3 is 34.9 Å². The third-order valence-corrected chi connectivity index (χ3v) is 10.5. The lowest BCUT2D eigenvalue weighted by molar-refractivity contribution is 0.0924.